The molecule has 2 unspecified atom stereocenters. The first-order valence-corrected chi connectivity index (χ1v) is 8.97. The van der Waals surface area contributed by atoms with Gasteiger partial charge in [-0.2, -0.15) is 4.31 Å². The molecule has 0 radical (unpaired) electrons. The number of nitrogens with zero attached hydrogens (tertiary/aromatic N) is 1. The van der Waals surface area contributed by atoms with Gasteiger partial charge in [-0.05, 0) is 44.9 Å². The average molecular weight is 324 g/mol. The summed E-state index contributed by atoms with van der Waals surface area (Å²) in [6.07, 6.45) is 2.24. The Kier molecular flexibility index (Phi) is 3.86. The van der Waals surface area contributed by atoms with Gasteiger partial charge in [0.05, 0.1) is 10.6 Å². The molecule has 0 bridgehead atoms. The highest BCUT2D eigenvalue weighted by Crippen LogP contribution is 2.34. The molecule has 1 N–H and O–H groups in total. The van der Waals surface area contributed by atoms with E-state index in [1.54, 1.807) is 23.4 Å². The lowest BCUT2D eigenvalue weighted by Crippen LogP contribution is -2.42. The van der Waals surface area contributed by atoms with E-state index < -0.39 is 16.1 Å². The molecule has 1 aromatic carbocycles. The number of amides is 1. The number of rotatable bonds is 2. The van der Waals surface area contributed by atoms with Gasteiger partial charge >= 0.3 is 0 Å². The van der Waals surface area contributed by atoms with Crippen molar-refractivity contribution in [2.45, 2.75) is 50.2 Å². The number of hydrogen-bond acceptors (Lipinski definition) is 4. The summed E-state index contributed by atoms with van der Waals surface area (Å²) in [5.41, 5.74) is 0.411. The minimum absolute atomic E-state index is 0.000598. The van der Waals surface area contributed by atoms with Gasteiger partial charge < -0.3 is 10.1 Å². The molecule has 0 spiro atoms. The molecule has 1 amide bonds. The van der Waals surface area contributed by atoms with Gasteiger partial charge in [0.2, 0.25) is 10.0 Å². The molecular weight excluding hydrogens is 304 g/mol. The van der Waals surface area contributed by atoms with E-state index in [0.717, 1.165) is 19.3 Å². The van der Waals surface area contributed by atoms with E-state index in [0.29, 0.717) is 18.0 Å². The van der Waals surface area contributed by atoms with Gasteiger partial charge in [0, 0.05) is 12.6 Å². The summed E-state index contributed by atoms with van der Waals surface area (Å²) in [5.74, 6) is 0.228. The summed E-state index contributed by atoms with van der Waals surface area (Å²) in [5, 5.41) is 2.69. The Balaban J connectivity index is 1.95. The van der Waals surface area contributed by atoms with Crippen molar-refractivity contribution in [1.29, 1.82) is 0 Å². The van der Waals surface area contributed by atoms with Crippen LogP contribution in [-0.2, 0) is 14.8 Å². The number of carbonyl (C=O) groups is 1. The Morgan fingerprint density at radius 2 is 2.05 bits per heavy atom. The molecule has 2 heterocycles. The molecular formula is C15H20N2O4S. The summed E-state index contributed by atoms with van der Waals surface area (Å²) in [6, 6.07) is 4.63. The SMILES string of the molecule is CC1Oc2ccc(S(=O)(=O)N3CCCCC3C)cc2NC1=O. The minimum Gasteiger partial charge on any atom is -0.479 e. The van der Waals surface area contributed by atoms with Crippen LogP contribution in [0, 0.1) is 0 Å². The van der Waals surface area contributed by atoms with Gasteiger partial charge in [-0.15, -0.1) is 0 Å². The molecule has 120 valence electrons. The molecule has 0 saturated carbocycles. The smallest absolute Gasteiger partial charge is 0.265 e. The van der Waals surface area contributed by atoms with Gasteiger partial charge in [-0.3, -0.25) is 4.79 Å². The monoisotopic (exact) mass is 324 g/mol. The maximum Gasteiger partial charge on any atom is 0.265 e. The van der Waals surface area contributed by atoms with Gasteiger partial charge in [0.1, 0.15) is 5.75 Å². The summed E-state index contributed by atoms with van der Waals surface area (Å²) in [4.78, 5) is 11.9. The maximum absolute atomic E-state index is 12.8. The number of ether oxygens (including phenoxy) is 1. The third-order valence-electron chi connectivity index (χ3n) is 4.23. The Morgan fingerprint density at radius 1 is 1.27 bits per heavy atom. The quantitative estimate of drug-likeness (QED) is 0.902. The number of benzene rings is 1. The molecule has 7 heteroatoms. The molecule has 1 saturated heterocycles. The molecule has 1 fully saturated rings. The first-order valence-electron chi connectivity index (χ1n) is 7.53. The summed E-state index contributed by atoms with van der Waals surface area (Å²) in [6.45, 7) is 4.13. The average Bonchev–Trinajstić information content (AvgIpc) is 2.48. The van der Waals surface area contributed by atoms with Crippen LogP contribution in [0.3, 0.4) is 0 Å². The van der Waals surface area contributed by atoms with Gasteiger partial charge in [-0.25, -0.2) is 8.42 Å². The molecule has 2 atom stereocenters. The third-order valence-corrected chi connectivity index (χ3v) is 6.24. The van der Waals surface area contributed by atoms with Crippen LogP contribution in [0.25, 0.3) is 0 Å². The van der Waals surface area contributed by atoms with Crippen molar-refractivity contribution in [1.82, 2.24) is 4.31 Å². The van der Waals surface area contributed by atoms with Crippen molar-refractivity contribution in [2.24, 2.45) is 0 Å². The Morgan fingerprint density at radius 3 is 2.77 bits per heavy atom. The number of anilines is 1. The summed E-state index contributed by atoms with van der Waals surface area (Å²) in [7, 11) is -3.55. The number of hydrogen-bond donors (Lipinski definition) is 1. The van der Waals surface area contributed by atoms with Crippen LogP contribution in [0.5, 0.6) is 5.75 Å². The van der Waals surface area contributed by atoms with Gasteiger partial charge in [-0.1, -0.05) is 6.42 Å². The van der Waals surface area contributed by atoms with Crippen LogP contribution in [0.2, 0.25) is 0 Å². The van der Waals surface area contributed by atoms with Crippen LogP contribution in [0.15, 0.2) is 23.1 Å². The number of nitrogens with one attached hydrogen (secondary N) is 1. The van der Waals surface area contributed by atoms with Crippen LogP contribution in [0.4, 0.5) is 5.69 Å². The predicted octanol–water partition coefficient (Wildman–Crippen LogP) is 1.97. The summed E-state index contributed by atoms with van der Waals surface area (Å²) >= 11 is 0. The van der Waals surface area contributed by atoms with Crippen molar-refractivity contribution in [2.75, 3.05) is 11.9 Å². The zero-order chi connectivity index (χ0) is 15.9. The van der Waals surface area contributed by atoms with Crippen molar-refractivity contribution < 1.29 is 17.9 Å². The standard InChI is InChI=1S/C15H20N2O4S/c1-10-5-3-4-8-17(10)22(19,20)12-6-7-14-13(9-12)16-15(18)11(2)21-14/h6-7,9-11H,3-5,8H2,1-2H3,(H,16,18). The van der Waals surface area contributed by atoms with Crippen molar-refractivity contribution in [3.05, 3.63) is 18.2 Å². The van der Waals surface area contributed by atoms with Crippen LogP contribution in [0.1, 0.15) is 33.1 Å². The summed E-state index contributed by atoms with van der Waals surface area (Å²) < 4.78 is 32.6. The fraction of sp³-hybridized carbons (Fsp3) is 0.533. The highest BCUT2D eigenvalue weighted by atomic mass is 32.2. The second-order valence-electron chi connectivity index (χ2n) is 5.87. The lowest BCUT2D eigenvalue weighted by molar-refractivity contribution is -0.122. The first kappa shape index (κ1) is 15.3. The Hall–Kier alpha value is -1.60. The first-order chi connectivity index (χ1) is 10.4. The second-order valence-corrected chi connectivity index (χ2v) is 7.76. The van der Waals surface area contributed by atoms with Crippen molar-refractivity contribution in [3.63, 3.8) is 0 Å². The van der Waals surface area contributed by atoms with E-state index in [2.05, 4.69) is 5.32 Å². The van der Waals surface area contributed by atoms with Crippen LogP contribution < -0.4 is 10.1 Å². The van der Waals surface area contributed by atoms with E-state index >= 15 is 0 Å². The maximum atomic E-state index is 12.8. The van der Waals surface area contributed by atoms with E-state index in [1.165, 1.54) is 6.07 Å². The zero-order valence-corrected chi connectivity index (χ0v) is 13.5. The fourth-order valence-corrected chi connectivity index (χ4v) is 4.64. The largest absolute Gasteiger partial charge is 0.479 e. The van der Waals surface area contributed by atoms with E-state index in [4.69, 9.17) is 4.74 Å². The highest BCUT2D eigenvalue weighted by molar-refractivity contribution is 7.89. The molecule has 1 aromatic rings. The highest BCUT2D eigenvalue weighted by Gasteiger charge is 2.32. The molecule has 6 nitrogen and oxygen atoms in total. The molecule has 0 aromatic heterocycles. The molecule has 2 aliphatic rings. The minimum atomic E-state index is -3.55. The number of sulfonamides is 1. The Bertz CT molecular complexity index is 701. The fourth-order valence-electron chi connectivity index (χ4n) is 2.91. The topological polar surface area (TPSA) is 75.7 Å². The zero-order valence-electron chi connectivity index (χ0n) is 12.7. The Labute approximate surface area is 130 Å². The lowest BCUT2D eigenvalue weighted by atomic mass is 10.1. The van der Waals surface area contributed by atoms with Crippen LogP contribution in [-0.4, -0.2) is 37.3 Å². The van der Waals surface area contributed by atoms with Crippen molar-refractivity contribution in [3.8, 4) is 5.75 Å². The number of piperidine rings is 1. The van der Waals surface area contributed by atoms with E-state index in [9.17, 15) is 13.2 Å². The van der Waals surface area contributed by atoms with E-state index in [1.807, 2.05) is 6.92 Å². The number of carbonyl (C=O) groups excluding carboxylic acids is 1. The molecule has 3 rings (SSSR count). The van der Waals surface area contributed by atoms with Crippen LogP contribution >= 0.6 is 0 Å². The lowest BCUT2D eigenvalue weighted by Gasteiger charge is -2.32. The van der Waals surface area contributed by atoms with E-state index in [-0.39, 0.29) is 16.8 Å². The van der Waals surface area contributed by atoms with Gasteiger partial charge in [0.15, 0.2) is 6.10 Å². The number of fused-ring (bicyclic) bond motifs is 1. The van der Waals surface area contributed by atoms with Crippen molar-refractivity contribution >= 4 is 21.6 Å². The predicted molar refractivity (Wildman–Crippen MR) is 82.4 cm³/mol. The molecule has 0 aliphatic carbocycles. The molecule has 22 heavy (non-hydrogen) atoms. The van der Waals surface area contributed by atoms with Gasteiger partial charge in [0.25, 0.3) is 5.91 Å². The molecule has 2 aliphatic heterocycles. The second kappa shape index (κ2) is 5.55. The normalized spacial score (nSPS) is 26.0. The third kappa shape index (κ3) is 2.59.